The van der Waals surface area contributed by atoms with Crippen LogP contribution in [0.3, 0.4) is 0 Å². The van der Waals surface area contributed by atoms with Gasteiger partial charge in [0.2, 0.25) is 0 Å². The summed E-state index contributed by atoms with van der Waals surface area (Å²) in [5.74, 6) is 0.684. The van der Waals surface area contributed by atoms with Gasteiger partial charge >= 0.3 is 0 Å². The summed E-state index contributed by atoms with van der Waals surface area (Å²) in [4.78, 5) is 25.5. The quantitative estimate of drug-likeness (QED) is 0.381. The van der Waals surface area contributed by atoms with E-state index in [1.165, 1.54) is 18.1 Å². The summed E-state index contributed by atoms with van der Waals surface area (Å²) in [7, 11) is 0. The number of H-pyrrole nitrogens is 2. The van der Waals surface area contributed by atoms with E-state index in [4.69, 9.17) is 5.73 Å². The number of nitrogen functional groups attached to an aromatic ring is 1. The smallest absolute Gasteiger partial charge is 0.277 e. The lowest BCUT2D eigenvalue weighted by atomic mass is 10.2. The fourth-order valence-corrected chi connectivity index (χ4v) is 2.52. The van der Waals surface area contributed by atoms with E-state index < -0.39 is 0 Å². The molecule has 0 saturated heterocycles. The molecule has 3 rings (SSSR count). The van der Waals surface area contributed by atoms with Crippen molar-refractivity contribution in [3.05, 3.63) is 46.5 Å². The number of nitrogens with one attached hydrogen (secondary N) is 2. The summed E-state index contributed by atoms with van der Waals surface area (Å²) < 4.78 is 0. The van der Waals surface area contributed by atoms with Gasteiger partial charge < -0.3 is 10.7 Å². The number of aromatic nitrogens is 4. The number of rotatable bonds is 3. The number of nitrogens with zero attached hydrogens (tertiary/aromatic N) is 2. The van der Waals surface area contributed by atoms with E-state index in [0.717, 1.165) is 11.3 Å². The molecule has 2 heterocycles. The molecular formula is C12H11N5OS. The van der Waals surface area contributed by atoms with Crippen molar-refractivity contribution in [2.45, 2.75) is 10.9 Å². The minimum Gasteiger partial charge on any atom is -0.399 e. The first-order valence-electron chi connectivity index (χ1n) is 5.63. The molecule has 0 aliphatic heterocycles. The number of hydrogen-bond donors (Lipinski definition) is 3. The first kappa shape index (κ1) is 11.8. The number of anilines is 1. The molecule has 3 aromatic rings. The average Bonchev–Trinajstić information content (AvgIpc) is 2.85. The normalized spacial score (nSPS) is 10.9. The van der Waals surface area contributed by atoms with E-state index >= 15 is 0 Å². The van der Waals surface area contributed by atoms with Crippen LogP contribution >= 0.6 is 11.8 Å². The number of imidazole rings is 1. The van der Waals surface area contributed by atoms with Gasteiger partial charge in [-0.25, -0.2) is 9.97 Å². The molecule has 0 spiro atoms. The topological polar surface area (TPSA) is 100 Å². The zero-order chi connectivity index (χ0) is 13.2. The van der Waals surface area contributed by atoms with E-state index in [0.29, 0.717) is 22.1 Å². The zero-order valence-electron chi connectivity index (χ0n) is 9.88. The summed E-state index contributed by atoms with van der Waals surface area (Å²) >= 11 is 1.44. The van der Waals surface area contributed by atoms with Crippen LogP contribution in [0, 0.1) is 0 Å². The Morgan fingerprint density at radius 3 is 3.11 bits per heavy atom. The third-order valence-corrected chi connectivity index (χ3v) is 3.55. The summed E-state index contributed by atoms with van der Waals surface area (Å²) in [5, 5.41) is 0.548. The summed E-state index contributed by atoms with van der Waals surface area (Å²) in [5.41, 5.74) is 8.13. The van der Waals surface area contributed by atoms with Crippen LogP contribution in [0.1, 0.15) is 5.56 Å². The Kier molecular flexibility index (Phi) is 2.96. The number of nitrogens with two attached hydrogens (primary N) is 1. The third kappa shape index (κ3) is 2.45. The van der Waals surface area contributed by atoms with Crippen LogP contribution in [0.2, 0.25) is 0 Å². The van der Waals surface area contributed by atoms with Gasteiger partial charge in [-0.15, -0.1) is 0 Å². The van der Waals surface area contributed by atoms with E-state index in [1.807, 2.05) is 24.3 Å². The highest BCUT2D eigenvalue weighted by atomic mass is 32.2. The lowest BCUT2D eigenvalue weighted by Crippen LogP contribution is -2.09. The van der Waals surface area contributed by atoms with Crippen LogP contribution in [-0.4, -0.2) is 19.9 Å². The lowest BCUT2D eigenvalue weighted by molar-refractivity contribution is 0.964. The molecular weight excluding hydrogens is 262 g/mol. The molecule has 0 aliphatic rings. The second kappa shape index (κ2) is 4.77. The number of aromatic amines is 2. The molecule has 0 unspecified atom stereocenters. The Bertz CT molecular complexity index is 779. The SMILES string of the molecule is Nc1cccc(CSc2nc3nc[nH]c3c(=O)[nH]2)c1. The van der Waals surface area contributed by atoms with Crippen molar-refractivity contribution in [1.29, 1.82) is 0 Å². The fourth-order valence-electron chi connectivity index (χ4n) is 1.73. The number of benzene rings is 1. The molecule has 0 bridgehead atoms. The Labute approximate surface area is 112 Å². The van der Waals surface area contributed by atoms with Crippen LogP contribution in [0.5, 0.6) is 0 Å². The van der Waals surface area contributed by atoms with Crippen LogP contribution in [0.25, 0.3) is 11.2 Å². The molecule has 0 amide bonds. The lowest BCUT2D eigenvalue weighted by Gasteiger charge is -2.02. The second-order valence-corrected chi connectivity index (χ2v) is 4.97. The molecule has 2 aromatic heterocycles. The standard InChI is InChI=1S/C12H11N5OS/c13-8-3-1-2-7(4-8)5-19-12-16-10-9(11(18)17-12)14-6-15-10/h1-4,6H,5,13H2,(H2,14,15,16,17,18). The van der Waals surface area contributed by atoms with Crippen LogP contribution in [0.15, 0.2) is 40.5 Å². The first-order valence-corrected chi connectivity index (χ1v) is 6.61. The summed E-state index contributed by atoms with van der Waals surface area (Å²) in [6.45, 7) is 0. The molecule has 0 fully saturated rings. The van der Waals surface area contributed by atoms with Crippen molar-refractivity contribution in [2.75, 3.05) is 5.73 Å². The van der Waals surface area contributed by atoms with Gasteiger partial charge in [0.1, 0.15) is 0 Å². The highest BCUT2D eigenvalue weighted by Gasteiger charge is 2.06. The number of thioether (sulfide) groups is 1. The molecule has 7 heteroatoms. The molecule has 19 heavy (non-hydrogen) atoms. The minimum absolute atomic E-state index is 0.211. The van der Waals surface area contributed by atoms with Gasteiger partial charge in [-0.3, -0.25) is 9.78 Å². The molecule has 4 N–H and O–H groups in total. The number of fused-ring (bicyclic) bond motifs is 1. The Balaban J connectivity index is 1.83. The molecule has 96 valence electrons. The largest absolute Gasteiger partial charge is 0.399 e. The van der Waals surface area contributed by atoms with Crippen LogP contribution in [-0.2, 0) is 5.75 Å². The van der Waals surface area contributed by atoms with Gasteiger partial charge in [0, 0.05) is 11.4 Å². The maximum Gasteiger partial charge on any atom is 0.277 e. The van der Waals surface area contributed by atoms with E-state index in [-0.39, 0.29) is 5.56 Å². The van der Waals surface area contributed by atoms with E-state index in [2.05, 4.69) is 19.9 Å². The van der Waals surface area contributed by atoms with Crippen LogP contribution < -0.4 is 11.3 Å². The zero-order valence-corrected chi connectivity index (χ0v) is 10.7. The highest BCUT2D eigenvalue weighted by molar-refractivity contribution is 7.98. The molecule has 1 aromatic carbocycles. The fraction of sp³-hybridized carbons (Fsp3) is 0.0833. The Morgan fingerprint density at radius 2 is 2.26 bits per heavy atom. The van der Waals surface area contributed by atoms with Crippen molar-refractivity contribution in [3.63, 3.8) is 0 Å². The summed E-state index contributed by atoms with van der Waals surface area (Å²) in [6, 6.07) is 7.62. The molecule has 0 atom stereocenters. The summed E-state index contributed by atoms with van der Waals surface area (Å²) in [6.07, 6.45) is 1.46. The van der Waals surface area contributed by atoms with E-state index in [9.17, 15) is 4.79 Å². The molecule has 0 saturated carbocycles. The maximum absolute atomic E-state index is 11.7. The van der Waals surface area contributed by atoms with Crippen molar-refractivity contribution in [2.24, 2.45) is 0 Å². The van der Waals surface area contributed by atoms with Crippen molar-refractivity contribution in [1.82, 2.24) is 19.9 Å². The minimum atomic E-state index is -0.211. The number of hydrogen-bond acceptors (Lipinski definition) is 5. The molecule has 0 aliphatic carbocycles. The van der Waals surface area contributed by atoms with Crippen LogP contribution in [0.4, 0.5) is 5.69 Å². The second-order valence-electron chi connectivity index (χ2n) is 4.01. The monoisotopic (exact) mass is 273 g/mol. The molecule has 6 nitrogen and oxygen atoms in total. The highest BCUT2D eigenvalue weighted by Crippen LogP contribution is 2.20. The van der Waals surface area contributed by atoms with Gasteiger partial charge in [0.15, 0.2) is 16.3 Å². The average molecular weight is 273 g/mol. The van der Waals surface area contributed by atoms with Gasteiger partial charge in [0.25, 0.3) is 5.56 Å². The predicted molar refractivity (Wildman–Crippen MR) is 74.9 cm³/mol. The van der Waals surface area contributed by atoms with Crippen molar-refractivity contribution >= 4 is 28.6 Å². The van der Waals surface area contributed by atoms with Gasteiger partial charge in [-0.2, -0.15) is 0 Å². The first-order chi connectivity index (χ1) is 9.22. The Morgan fingerprint density at radius 1 is 1.37 bits per heavy atom. The van der Waals surface area contributed by atoms with Gasteiger partial charge in [0.05, 0.1) is 6.33 Å². The van der Waals surface area contributed by atoms with Crippen molar-refractivity contribution in [3.8, 4) is 0 Å². The van der Waals surface area contributed by atoms with Gasteiger partial charge in [-0.1, -0.05) is 23.9 Å². The van der Waals surface area contributed by atoms with E-state index in [1.54, 1.807) is 0 Å². The van der Waals surface area contributed by atoms with Crippen molar-refractivity contribution < 1.29 is 0 Å². The predicted octanol–water partition coefficient (Wildman–Crippen LogP) is 1.52. The van der Waals surface area contributed by atoms with Gasteiger partial charge in [-0.05, 0) is 17.7 Å². The molecule has 0 radical (unpaired) electrons. The Hall–Kier alpha value is -2.28. The third-order valence-electron chi connectivity index (χ3n) is 2.60. The maximum atomic E-state index is 11.7.